The first-order chi connectivity index (χ1) is 13.9. The summed E-state index contributed by atoms with van der Waals surface area (Å²) in [5, 5.41) is 1.16. The molecule has 3 aromatic rings. The SMILES string of the molecule is c1ccc2nc(N3CC(Oc4nccnc4N4CCCOCC4)C3)ccc2c1. The lowest BCUT2D eigenvalue weighted by Gasteiger charge is -2.40. The van der Waals surface area contributed by atoms with Gasteiger partial charge >= 0.3 is 0 Å². The summed E-state index contributed by atoms with van der Waals surface area (Å²) in [5.41, 5.74) is 1.02. The van der Waals surface area contributed by atoms with Gasteiger partial charge in [0, 0.05) is 37.5 Å². The van der Waals surface area contributed by atoms with Gasteiger partial charge in [-0.1, -0.05) is 18.2 Å². The Morgan fingerprint density at radius 2 is 1.82 bits per heavy atom. The molecule has 0 saturated carbocycles. The highest BCUT2D eigenvalue weighted by molar-refractivity contribution is 5.80. The Morgan fingerprint density at radius 3 is 2.79 bits per heavy atom. The van der Waals surface area contributed by atoms with E-state index in [1.807, 2.05) is 18.2 Å². The van der Waals surface area contributed by atoms with E-state index in [1.165, 1.54) is 0 Å². The lowest BCUT2D eigenvalue weighted by atomic mass is 10.1. The highest BCUT2D eigenvalue weighted by Gasteiger charge is 2.31. The van der Waals surface area contributed by atoms with Crippen LogP contribution in [-0.2, 0) is 4.74 Å². The van der Waals surface area contributed by atoms with Crippen molar-refractivity contribution in [3.8, 4) is 5.88 Å². The molecule has 0 amide bonds. The van der Waals surface area contributed by atoms with E-state index in [-0.39, 0.29) is 6.10 Å². The number of para-hydroxylation sites is 1. The van der Waals surface area contributed by atoms with Gasteiger partial charge in [0.15, 0.2) is 5.82 Å². The third-order valence-electron chi connectivity index (χ3n) is 5.20. The maximum Gasteiger partial charge on any atom is 0.258 e. The Hall–Kier alpha value is -2.93. The predicted octanol–water partition coefficient (Wildman–Crippen LogP) is 2.52. The van der Waals surface area contributed by atoms with Gasteiger partial charge in [0.2, 0.25) is 0 Å². The number of rotatable bonds is 4. The van der Waals surface area contributed by atoms with E-state index in [4.69, 9.17) is 14.5 Å². The monoisotopic (exact) mass is 377 g/mol. The molecule has 2 aromatic heterocycles. The topological polar surface area (TPSA) is 63.6 Å². The molecule has 0 N–H and O–H groups in total. The summed E-state index contributed by atoms with van der Waals surface area (Å²) in [6.07, 6.45) is 4.49. The van der Waals surface area contributed by atoms with Gasteiger partial charge in [0.25, 0.3) is 5.88 Å². The molecule has 4 heterocycles. The van der Waals surface area contributed by atoms with E-state index in [0.717, 1.165) is 61.7 Å². The minimum atomic E-state index is 0.0898. The van der Waals surface area contributed by atoms with Gasteiger partial charge < -0.3 is 19.3 Å². The van der Waals surface area contributed by atoms with Crippen LogP contribution < -0.4 is 14.5 Å². The fourth-order valence-corrected chi connectivity index (χ4v) is 3.66. The highest BCUT2D eigenvalue weighted by Crippen LogP contribution is 2.28. The molecule has 0 bridgehead atoms. The standard InChI is InChI=1S/C21H23N5O2/c1-2-5-18-16(4-1)6-7-19(24-18)26-14-17(15-26)28-21-20(22-8-9-23-21)25-10-3-12-27-13-11-25/h1-2,4-9,17H,3,10-15H2. The molecule has 0 spiro atoms. The quantitative estimate of drug-likeness (QED) is 0.692. The number of aromatic nitrogens is 3. The molecule has 1 aromatic carbocycles. The van der Waals surface area contributed by atoms with Crippen molar-refractivity contribution in [1.82, 2.24) is 15.0 Å². The predicted molar refractivity (Wildman–Crippen MR) is 108 cm³/mol. The van der Waals surface area contributed by atoms with Gasteiger partial charge in [-0.15, -0.1) is 0 Å². The van der Waals surface area contributed by atoms with Crippen LogP contribution in [0.3, 0.4) is 0 Å². The van der Waals surface area contributed by atoms with E-state index in [2.05, 4.69) is 38.0 Å². The fraction of sp³-hybridized carbons (Fsp3) is 0.381. The molecule has 7 heteroatoms. The minimum Gasteiger partial charge on any atom is -0.468 e. The van der Waals surface area contributed by atoms with Crippen LogP contribution in [0.25, 0.3) is 10.9 Å². The number of hydrogen-bond donors (Lipinski definition) is 0. The van der Waals surface area contributed by atoms with Crippen molar-refractivity contribution in [3.05, 3.63) is 48.8 Å². The molecule has 2 aliphatic rings. The second-order valence-corrected chi connectivity index (χ2v) is 7.15. The summed E-state index contributed by atoms with van der Waals surface area (Å²) < 4.78 is 11.7. The van der Waals surface area contributed by atoms with Crippen molar-refractivity contribution in [3.63, 3.8) is 0 Å². The van der Waals surface area contributed by atoms with Crippen LogP contribution in [0.1, 0.15) is 6.42 Å². The number of ether oxygens (including phenoxy) is 2. The summed E-state index contributed by atoms with van der Waals surface area (Å²) in [6.45, 7) is 4.82. The van der Waals surface area contributed by atoms with Gasteiger partial charge in [-0.3, -0.25) is 0 Å². The van der Waals surface area contributed by atoms with E-state index >= 15 is 0 Å². The smallest absolute Gasteiger partial charge is 0.258 e. The van der Waals surface area contributed by atoms with Crippen LogP contribution in [0.4, 0.5) is 11.6 Å². The second kappa shape index (κ2) is 7.59. The lowest BCUT2D eigenvalue weighted by Crippen LogP contribution is -2.54. The summed E-state index contributed by atoms with van der Waals surface area (Å²) >= 11 is 0. The zero-order valence-corrected chi connectivity index (χ0v) is 15.7. The number of hydrogen-bond acceptors (Lipinski definition) is 7. The van der Waals surface area contributed by atoms with Crippen LogP contribution in [0.2, 0.25) is 0 Å². The molecule has 0 atom stereocenters. The Morgan fingerprint density at radius 1 is 0.929 bits per heavy atom. The first kappa shape index (κ1) is 17.2. The van der Waals surface area contributed by atoms with Crippen LogP contribution in [0, 0.1) is 0 Å². The third-order valence-corrected chi connectivity index (χ3v) is 5.20. The summed E-state index contributed by atoms with van der Waals surface area (Å²) in [6, 6.07) is 12.4. The second-order valence-electron chi connectivity index (χ2n) is 7.15. The first-order valence-corrected chi connectivity index (χ1v) is 9.78. The number of nitrogens with zero attached hydrogens (tertiary/aromatic N) is 5. The van der Waals surface area contributed by atoms with Crippen molar-refractivity contribution >= 4 is 22.5 Å². The number of pyridine rings is 1. The zero-order valence-electron chi connectivity index (χ0n) is 15.7. The highest BCUT2D eigenvalue weighted by atomic mass is 16.5. The molecule has 0 radical (unpaired) electrons. The molecule has 28 heavy (non-hydrogen) atoms. The van der Waals surface area contributed by atoms with Gasteiger partial charge in [0.05, 0.1) is 25.2 Å². The van der Waals surface area contributed by atoms with Crippen molar-refractivity contribution in [2.45, 2.75) is 12.5 Å². The van der Waals surface area contributed by atoms with Crippen LogP contribution in [-0.4, -0.2) is 60.4 Å². The Balaban J connectivity index is 1.26. The summed E-state index contributed by atoms with van der Waals surface area (Å²) in [5.74, 6) is 2.42. The number of anilines is 2. The van der Waals surface area contributed by atoms with E-state index < -0.39 is 0 Å². The maximum atomic E-state index is 6.19. The number of fused-ring (bicyclic) bond motifs is 1. The minimum absolute atomic E-state index is 0.0898. The lowest BCUT2D eigenvalue weighted by molar-refractivity contribution is 0.152. The van der Waals surface area contributed by atoms with E-state index in [1.54, 1.807) is 12.4 Å². The Bertz CT molecular complexity index is 952. The van der Waals surface area contributed by atoms with Crippen LogP contribution in [0.5, 0.6) is 5.88 Å². The molecular formula is C21H23N5O2. The van der Waals surface area contributed by atoms with Crippen molar-refractivity contribution in [1.29, 1.82) is 0 Å². The van der Waals surface area contributed by atoms with Crippen LogP contribution >= 0.6 is 0 Å². The third kappa shape index (κ3) is 3.45. The van der Waals surface area contributed by atoms with Gasteiger partial charge in [-0.05, 0) is 24.6 Å². The van der Waals surface area contributed by atoms with Crippen LogP contribution in [0.15, 0.2) is 48.8 Å². The Kier molecular flexibility index (Phi) is 4.66. The number of benzene rings is 1. The Labute approximate surface area is 163 Å². The summed E-state index contributed by atoms with van der Waals surface area (Å²) in [4.78, 5) is 18.2. The largest absolute Gasteiger partial charge is 0.468 e. The normalized spacial score (nSPS) is 18.0. The molecule has 2 saturated heterocycles. The zero-order chi connectivity index (χ0) is 18.8. The molecule has 144 valence electrons. The van der Waals surface area contributed by atoms with Crippen molar-refractivity contribution < 1.29 is 9.47 Å². The van der Waals surface area contributed by atoms with E-state index in [9.17, 15) is 0 Å². The molecule has 7 nitrogen and oxygen atoms in total. The van der Waals surface area contributed by atoms with Gasteiger partial charge in [-0.25, -0.2) is 15.0 Å². The van der Waals surface area contributed by atoms with Gasteiger partial charge in [-0.2, -0.15) is 0 Å². The van der Waals surface area contributed by atoms with Crippen molar-refractivity contribution in [2.24, 2.45) is 0 Å². The molecule has 2 aliphatic heterocycles. The molecular weight excluding hydrogens is 354 g/mol. The fourth-order valence-electron chi connectivity index (χ4n) is 3.66. The molecule has 0 unspecified atom stereocenters. The first-order valence-electron chi connectivity index (χ1n) is 9.78. The van der Waals surface area contributed by atoms with Crippen molar-refractivity contribution in [2.75, 3.05) is 49.2 Å². The summed E-state index contributed by atoms with van der Waals surface area (Å²) in [7, 11) is 0. The molecule has 2 fully saturated rings. The maximum absolute atomic E-state index is 6.19. The average Bonchev–Trinajstić information content (AvgIpc) is 3.00. The van der Waals surface area contributed by atoms with Gasteiger partial charge in [0.1, 0.15) is 11.9 Å². The molecule has 5 rings (SSSR count). The average molecular weight is 377 g/mol. The van der Waals surface area contributed by atoms with E-state index in [0.29, 0.717) is 12.5 Å². The molecule has 0 aliphatic carbocycles.